The number of piperidine rings is 1. The van der Waals surface area contributed by atoms with Crippen LogP contribution in [0.3, 0.4) is 0 Å². The largest absolute Gasteiger partial charge is 0.382 e. The van der Waals surface area contributed by atoms with E-state index in [1.54, 1.807) is 36.7 Å². The maximum atomic E-state index is 13.3. The van der Waals surface area contributed by atoms with Gasteiger partial charge in [0.2, 0.25) is 10.0 Å². The zero-order valence-corrected chi connectivity index (χ0v) is 21.4. The Hall–Kier alpha value is -3.41. The number of carbonyl (C=O) groups is 1. The first-order valence-electron chi connectivity index (χ1n) is 12.5. The second kappa shape index (κ2) is 10.9. The van der Waals surface area contributed by atoms with Gasteiger partial charge < -0.3 is 15.4 Å². The number of nitrogen functional groups attached to an aromatic ring is 1. The van der Waals surface area contributed by atoms with Crippen molar-refractivity contribution in [3.8, 4) is 11.3 Å². The molecule has 0 radical (unpaired) electrons. The number of nitrogens with two attached hydrogens (primary N) is 1. The highest BCUT2D eigenvalue weighted by Gasteiger charge is 2.26. The molecule has 5 rings (SSSR count). The number of aromatic nitrogens is 3. The summed E-state index contributed by atoms with van der Waals surface area (Å²) < 4.78 is 32.9. The van der Waals surface area contributed by atoms with Crippen molar-refractivity contribution in [2.45, 2.75) is 30.6 Å². The third-order valence-electron chi connectivity index (χ3n) is 6.75. The third-order valence-corrected chi connectivity index (χ3v) is 8.66. The van der Waals surface area contributed by atoms with Gasteiger partial charge in [0.05, 0.1) is 30.0 Å². The summed E-state index contributed by atoms with van der Waals surface area (Å²) in [6.45, 7) is 3.84. The van der Waals surface area contributed by atoms with Gasteiger partial charge in [-0.3, -0.25) is 9.78 Å². The van der Waals surface area contributed by atoms with Gasteiger partial charge in [-0.25, -0.2) is 18.4 Å². The molecular weight excluding hydrogens is 492 g/mol. The van der Waals surface area contributed by atoms with E-state index >= 15 is 0 Å². The van der Waals surface area contributed by atoms with Crippen molar-refractivity contribution in [1.82, 2.24) is 19.3 Å². The number of benzene rings is 1. The van der Waals surface area contributed by atoms with Crippen LogP contribution in [0.5, 0.6) is 0 Å². The molecule has 0 unspecified atom stereocenters. The molecule has 2 fully saturated rings. The fraction of sp³-hybridized carbons (Fsp3) is 0.385. The predicted octanol–water partition coefficient (Wildman–Crippen LogP) is 2.56. The van der Waals surface area contributed by atoms with Crippen LogP contribution in [0, 0.1) is 0 Å². The molecule has 2 aliphatic rings. The molecule has 11 heteroatoms. The fourth-order valence-corrected chi connectivity index (χ4v) is 6.24. The summed E-state index contributed by atoms with van der Waals surface area (Å²) in [5.41, 5.74) is 8.95. The number of pyridine rings is 1. The summed E-state index contributed by atoms with van der Waals surface area (Å²) in [6.07, 6.45) is 7.78. The van der Waals surface area contributed by atoms with Crippen LogP contribution in [0.4, 0.5) is 11.5 Å². The van der Waals surface area contributed by atoms with Gasteiger partial charge in [0.25, 0.3) is 0 Å². The standard InChI is InChI=1S/C26H30N6O4S/c27-26-25(24(33)16-20-17-28-9-8-23(20)31-12-14-36-15-13-31)30-22(18-29-26)19-4-6-21(7-5-19)37(34,35)32-10-2-1-3-11-32/h4-9,17-18H,1-3,10-16H2,(H2,27,29). The number of morpholine rings is 1. The highest BCUT2D eigenvalue weighted by atomic mass is 32.2. The molecular formula is C26H30N6O4S. The average Bonchev–Trinajstić information content (AvgIpc) is 2.94. The fourth-order valence-electron chi connectivity index (χ4n) is 4.72. The van der Waals surface area contributed by atoms with Crippen molar-refractivity contribution in [1.29, 1.82) is 0 Å². The smallest absolute Gasteiger partial charge is 0.243 e. The van der Waals surface area contributed by atoms with Crippen LogP contribution in [0.1, 0.15) is 35.3 Å². The lowest BCUT2D eigenvalue weighted by Gasteiger charge is -2.30. The number of anilines is 2. The van der Waals surface area contributed by atoms with Gasteiger partial charge in [0, 0.05) is 61.8 Å². The summed E-state index contributed by atoms with van der Waals surface area (Å²) >= 11 is 0. The predicted molar refractivity (Wildman–Crippen MR) is 140 cm³/mol. The zero-order valence-electron chi connectivity index (χ0n) is 20.5. The highest BCUT2D eigenvalue weighted by Crippen LogP contribution is 2.26. The Bertz CT molecular complexity index is 1370. The average molecular weight is 523 g/mol. The van der Waals surface area contributed by atoms with Gasteiger partial charge in [0.15, 0.2) is 11.6 Å². The Balaban J connectivity index is 1.36. The molecule has 37 heavy (non-hydrogen) atoms. The van der Waals surface area contributed by atoms with E-state index in [0.29, 0.717) is 37.6 Å². The zero-order chi connectivity index (χ0) is 25.8. The molecule has 0 spiro atoms. The number of ketones is 1. The Morgan fingerprint density at radius 2 is 1.70 bits per heavy atom. The van der Waals surface area contributed by atoms with E-state index in [4.69, 9.17) is 10.5 Å². The van der Waals surface area contributed by atoms with Crippen molar-refractivity contribution in [3.63, 3.8) is 0 Å². The highest BCUT2D eigenvalue weighted by molar-refractivity contribution is 7.89. The molecule has 2 aliphatic heterocycles. The first kappa shape index (κ1) is 25.2. The molecule has 2 saturated heterocycles. The summed E-state index contributed by atoms with van der Waals surface area (Å²) in [4.78, 5) is 28.6. The Labute approximate surface area is 216 Å². The number of hydrogen-bond donors (Lipinski definition) is 1. The van der Waals surface area contributed by atoms with Crippen LogP contribution in [-0.2, 0) is 21.2 Å². The molecule has 1 aromatic carbocycles. The van der Waals surface area contributed by atoms with Crippen LogP contribution >= 0.6 is 0 Å². The minimum atomic E-state index is -3.53. The van der Waals surface area contributed by atoms with Crippen molar-refractivity contribution >= 4 is 27.3 Å². The summed E-state index contributed by atoms with van der Waals surface area (Å²) in [5, 5.41) is 0. The summed E-state index contributed by atoms with van der Waals surface area (Å²) in [7, 11) is -3.53. The second-order valence-corrected chi connectivity index (χ2v) is 11.1. The SMILES string of the molecule is Nc1ncc(-c2ccc(S(=O)(=O)N3CCCCC3)cc2)nc1C(=O)Cc1cnccc1N1CCOCC1. The number of ether oxygens (including phenoxy) is 1. The molecule has 0 atom stereocenters. The number of sulfonamides is 1. The Morgan fingerprint density at radius 1 is 0.973 bits per heavy atom. The first-order chi connectivity index (χ1) is 17.9. The second-order valence-electron chi connectivity index (χ2n) is 9.18. The number of Topliss-reactive ketones (excluding diaryl/α,β-unsaturated/α-hetero) is 1. The molecule has 0 aliphatic carbocycles. The lowest BCUT2D eigenvalue weighted by molar-refractivity contribution is 0.0988. The maximum Gasteiger partial charge on any atom is 0.243 e. The van der Waals surface area contributed by atoms with Crippen molar-refractivity contribution in [2.24, 2.45) is 0 Å². The molecule has 0 amide bonds. The van der Waals surface area contributed by atoms with Crippen LogP contribution in [0.2, 0.25) is 0 Å². The molecule has 3 aromatic rings. The van der Waals surface area contributed by atoms with E-state index in [2.05, 4.69) is 19.9 Å². The Kier molecular flexibility index (Phi) is 7.45. The van der Waals surface area contributed by atoms with E-state index in [-0.39, 0.29) is 28.6 Å². The topological polar surface area (TPSA) is 132 Å². The molecule has 2 N–H and O–H groups in total. The summed E-state index contributed by atoms with van der Waals surface area (Å²) in [6, 6.07) is 8.41. The van der Waals surface area contributed by atoms with Gasteiger partial charge in [0.1, 0.15) is 5.69 Å². The minimum Gasteiger partial charge on any atom is -0.382 e. The molecule has 10 nitrogen and oxygen atoms in total. The van der Waals surface area contributed by atoms with Crippen molar-refractivity contribution < 1.29 is 17.9 Å². The normalized spacial score (nSPS) is 17.0. The van der Waals surface area contributed by atoms with Gasteiger partial charge in [-0.2, -0.15) is 4.31 Å². The Morgan fingerprint density at radius 3 is 2.43 bits per heavy atom. The molecule has 194 valence electrons. The van der Waals surface area contributed by atoms with Crippen molar-refractivity contribution in [3.05, 3.63) is 60.2 Å². The van der Waals surface area contributed by atoms with Crippen LogP contribution in [0.15, 0.2) is 53.8 Å². The molecule has 2 aromatic heterocycles. The van der Waals surface area contributed by atoms with E-state index in [1.807, 2.05) is 6.07 Å². The third kappa shape index (κ3) is 5.48. The number of hydrogen-bond acceptors (Lipinski definition) is 9. The molecule has 0 bridgehead atoms. The van der Waals surface area contributed by atoms with Gasteiger partial charge >= 0.3 is 0 Å². The maximum absolute atomic E-state index is 13.3. The number of carbonyl (C=O) groups excluding carboxylic acids is 1. The van der Waals surface area contributed by atoms with E-state index in [1.165, 1.54) is 10.5 Å². The van der Waals surface area contributed by atoms with Crippen molar-refractivity contribution in [2.75, 3.05) is 50.0 Å². The lowest BCUT2D eigenvalue weighted by Crippen LogP contribution is -2.37. The van der Waals surface area contributed by atoms with Crippen LogP contribution in [0.25, 0.3) is 11.3 Å². The van der Waals surface area contributed by atoms with Crippen LogP contribution < -0.4 is 10.6 Å². The molecule has 4 heterocycles. The number of rotatable bonds is 7. The quantitative estimate of drug-likeness (QED) is 0.465. The minimum absolute atomic E-state index is 0.0508. The van der Waals surface area contributed by atoms with Gasteiger partial charge in [-0.05, 0) is 31.0 Å². The van der Waals surface area contributed by atoms with E-state index < -0.39 is 10.0 Å². The summed E-state index contributed by atoms with van der Waals surface area (Å²) in [5.74, 6) is -0.214. The monoisotopic (exact) mass is 522 g/mol. The number of nitrogens with zero attached hydrogens (tertiary/aromatic N) is 5. The first-order valence-corrected chi connectivity index (χ1v) is 13.9. The van der Waals surface area contributed by atoms with Gasteiger partial charge in [-0.1, -0.05) is 18.6 Å². The van der Waals surface area contributed by atoms with E-state index in [9.17, 15) is 13.2 Å². The van der Waals surface area contributed by atoms with E-state index in [0.717, 1.165) is 43.6 Å². The lowest BCUT2D eigenvalue weighted by atomic mass is 10.1. The molecule has 0 saturated carbocycles. The van der Waals surface area contributed by atoms with Crippen LogP contribution in [-0.4, -0.2) is 72.9 Å². The van der Waals surface area contributed by atoms with Gasteiger partial charge in [-0.15, -0.1) is 0 Å².